The molecular formula is C6H6N4O2. The van der Waals surface area contributed by atoms with E-state index in [4.69, 9.17) is 5.73 Å². The van der Waals surface area contributed by atoms with E-state index in [0.717, 1.165) is 6.20 Å². The van der Waals surface area contributed by atoms with E-state index in [1.54, 1.807) is 0 Å². The molecule has 0 atom stereocenters. The number of hydrogen-bond donors (Lipinski definition) is 1. The zero-order chi connectivity index (χ0) is 8.97. The highest BCUT2D eigenvalue weighted by Crippen LogP contribution is 1.97. The lowest BCUT2D eigenvalue weighted by molar-refractivity contribution is -0.401. The van der Waals surface area contributed by atoms with E-state index in [1.807, 2.05) is 0 Å². The number of aromatic nitrogens is 2. The van der Waals surface area contributed by atoms with Crippen molar-refractivity contribution in [3.63, 3.8) is 0 Å². The van der Waals surface area contributed by atoms with Gasteiger partial charge in [-0.05, 0) is 0 Å². The number of anilines is 1. The molecule has 0 amide bonds. The van der Waals surface area contributed by atoms with Gasteiger partial charge in [-0.2, -0.15) is 0 Å². The largest absolute Gasteiger partial charge is 0.382 e. The van der Waals surface area contributed by atoms with Crippen molar-refractivity contribution in [2.75, 3.05) is 5.73 Å². The predicted molar refractivity (Wildman–Crippen MR) is 42.5 cm³/mol. The molecule has 0 aromatic carbocycles. The molecule has 6 heteroatoms. The van der Waals surface area contributed by atoms with E-state index in [9.17, 15) is 10.1 Å². The lowest BCUT2D eigenvalue weighted by Gasteiger charge is -1.90. The van der Waals surface area contributed by atoms with Crippen LogP contribution in [-0.2, 0) is 0 Å². The van der Waals surface area contributed by atoms with Gasteiger partial charge in [-0.1, -0.05) is 0 Å². The molecule has 6 nitrogen and oxygen atoms in total. The van der Waals surface area contributed by atoms with Crippen LogP contribution in [0, 0.1) is 10.1 Å². The number of nitro groups is 1. The summed E-state index contributed by atoms with van der Waals surface area (Å²) >= 11 is 0. The van der Waals surface area contributed by atoms with Crippen molar-refractivity contribution < 1.29 is 4.92 Å². The van der Waals surface area contributed by atoms with Gasteiger partial charge in [0.1, 0.15) is 5.82 Å². The van der Waals surface area contributed by atoms with Crippen molar-refractivity contribution in [1.29, 1.82) is 0 Å². The standard InChI is InChI=1S/C6H6N4O2/c7-6-4-8-5(3-9-6)1-2-10(11)12/h1-4H,(H2,7,9)/b2-1+. The maximum absolute atomic E-state index is 9.89. The normalized spacial score (nSPS) is 10.3. The lowest BCUT2D eigenvalue weighted by atomic mass is 10.4. The highest BCUT2D eigenvalue weighted by Gasteiger charge is 1.91. The predicted octanol–water partition coefficient (Wildman–Crippen LogP) is 0.306. The minimum absolute atomic E-state index is 0.285. The fraction of sp³-hybridized carbons (Fsp3) is 0. The van der Waals surface area contributed by atoms with Gasteiger partial charge in [0.05, 0.1) is 23.0 Å². The first-order valence-electron chi connectivity index (χ1n) is 3.07. The molecule has 0 fully saturated rings. The Labute approximate surface area is 67.9 Å². The molecule has 12 heavy (non-hydrogen) atoms. The molecule has 1 aromatic heterocycles. The second-order valence-corrected chi connectivity index (χ2v) is 1.97. The Kier molecular flexibility index (Phi) is 2.32. The van der Waals surface area contributed by atoms with E-state index < -0.39 is 4.92 Å². The molecule has 0 aliphatic carbocycles. The molecule has 0 aliphatic heterocycles. The van der Waals surface area contributed by atoms with Gasteiger partial charge in [0.2, 0.25) is 6.20 Å². The first-order valence-corrected chi connectivity index (χ1v) is 3.07. The van der Waals surface area contributed by atoms with Gasteiger partial charge in [-0.15, -0.1) is 0 Å². The summed E-state index contributed by atoms with van der Waals surface area (Å²) in [4.78, 5) is 16.8. The van der Waals surface area contributed by atoms with Gasteiger partial charge < -0.3 is 5.73 Å². The molecule has 0 spiro atoms. The third kappa shape index (κ3) is 2.33. The van der Waals surface area contributed by atoms with E-state index >= 15 is 0 Å². The van der Waals surface area contributed by atoms with Crippen LogP contribution in [0.4, 0.5) is 5.82 Å². The Balaban J connectivity index is 2.77. The second-order valence-electron chi connectivity index (χ2n) is 1.97. The highest BCUT2D eigenvalue weighted by atomic mass is 16.6. The molecular weight excluding hydrogens is 160 g/mol. The number of nitrogens with zero attached hydrogens (tertiary/aromatic N) is 3. The summed E-state index contributed by atoms with van der Waals surface area (Å²) in [5.74, 6) is 0.285. The van der Waals surface area contributed by atoms with Crippen LogP contribution < -0.4 is 5.73 Å². The number of nitrogen functional groups attached to an aromatic ring is 1. The Morgan fingerprint density at radius 3 is 2.75 bits per heavy atom. The molecule has 2 N–H and O–H groups in total. The maximum atomic E-state index is 9.89. The Morgan fingerprint density at radius 2 is 2.25 bits per heavy atom. The molecule has 0 aliphatic rings. The zero-order valence-corrected chi connectivity index (χ0v) is 6.04. The second kappa shape index (κ2) is 3.42. The fourth-order valence-corrected chi connectivity index (χ4v) is 0.571. The molecule has 62 valence electrons. The average molecular weight is 166 g/mol. The monoisotopic (exact) mass is 166 g/mol. The molecule has 0 bridgehead atoms. The van der Waals surface area contributed by atoms with Crippen molar-refractivity contribution in [1.82, 2.24) is 9.97 Å². The molecule has 0 saturated heterocycles. The number of nitrogens with two attached hydrogens (primary N) is 1. The third-order valence-corrected chi connectivity index (χ3v) is 1.06. The Morgan fingerprint density at radius 1 is 1.50 bits per heavy atom. The van der Waals surface area contributed by atoms with Crippen LogP contribution in [0.3, 0.4) is 0 Å². The third-order valence-electron chi connectivity index (χ3n) is 1.06. The Bertz CT molecular complexity index is 306. The van der Waals surface area contributed by atoms with Gasteiger partial charge in [-0.25, -0.2) is 4.98 Å². The van der Waals surface area contributed by atoms with E-state index in [-0.39, 0.29) is 5.82 Å². The maximum Gasteiger partial charge on any atom is 0.236 e. The summed E-state index contributed by atoms with van der Waals surface area (Å²) in [5, 5.41) is 9.89. The molecule has 0 unspecified atom stereocenters. The van der Waals surface area contributed by atoms with Crippen LogP contribution in [0.5, 0.6) is 0 Å². The van der Waals surface area contributed by atoms with Gasteiger partial charge in [0.25, 0.3) is 0 Å². The first-order chi connectivity index (χ1) is 5.68. The first kappa shape index (κ1) is 8.12. The van der Waals surface area contributed by atoms with Crippen LogP contribution in [0.25, 0.3) is 6.08 Å². The van der Waals surface area contributed by atoms with Gasteiger partial charge in [0, 0.05) is 6.08 Å². The zero-order valence-electron chi connectivity index (χ0n) is 6.04. The summed E-state index contributed by atoms with van der Waals surface area (Å²) in [5.41, 5.74) is 5.65. The van der Waals surface area contributed by atoms with Gasteiger partial charge in [-0.3, -0.25) is 15.1 Å². The minimum atomic E-state index is -0.571. The van der Waals surface area contributed by atoms with Crippen molar-refractivity contribution in [2.45, 2.75) is 0 Å². The molecule has 1 rings (SSSR count). The molecule has 1 aromatic rings. The SMILES string of the molecule is Nc1cnc(/C=C/[N+](=O)[O-])cn1. The van der Waals surface area contributed by atoms with E-state index in [2.05, 4.69) is 9.97 Å². The number of rotatable bonds is 2. The average Bonchev–Trinajstić information content (AvgIpc) is 2.03. The summed E-state index contributed by atoms with van der Waals surface area (Å²) in [6.45, 7) is 0. The van der Waals surface area contributed by atoms with Crippen molar-refractivity contribution in [3.05, 3.63) is 34.4 Å². The molecule has 1 heterocycles. The highest BCUT2D eigenvalue weighted by molar-refractivity contribution is 5.42. The quantitative estimate of drug-likeness (QED) is 0.503. The minimum Gasteiger partial charge on any atom is -0.382 e. The van der Waals surface area contributed by atoms with Crippen LogP contribution >= 0.6 is 0 Å². The smallest absolute Gasteiger partial charge is 0.236 e. The van der Waals surface area contributed by atoms with Crippen LogP contribution in [0.1, 0.15) is 5.69 Å². The van der Waals surface area contributed by atoms with E-state index in [1.165, 1.54) is 18.5 Å². The topological polar surface area (TPSA) is 94.9 Å². The van der Waals surface area contributed by atoms with Crippen LogP contribution in [-0.4, -0.2) is 14.9 Å². The van der Waals surface area contributed by atoms with Gasteiger partial charge >= 0.3 is 0 Å². The van der Waals surface area contributed by atoms with E-state index in [0.29, 0.717) is 5.69 Å². The van der Waals surface area contributed by atoms with Gasteiger partial charge in [0.15, 0.2) is 0 Å². The Hall–Kier alpha value is -1.98. The van der Waals surface area contributed by atoms with Crippen molar-refractivity contribution in [3.8, 4) is 0 Å². The van der Waals surface area contributed by atoms with Crippen LogP contribution in [0.2, 0.25) is 0 Å². The molecule has 0 radical (unpaired) electrons. The fourth-order valence-electron chi connectivity index (χ4n) is 0.571. The van der Waals surface area contributed by atoms with Crippen molar-refractivity contribution >= 4 is 11.9 Å². The summed E-state index contributed by atoms with van der Waals surface area (Å²) in [6.07, 6.45) is 4.72. The van der Waals surface area contributed by atoms with Crippen LogP contribution in [0.15, 0.2) is 18.6 Å². The summed E-state index contributed by atoms with van der Waals surface area (Å²) in [6, 6.07) is 0. The van der Waals surface area contributed by atoms with Crippen molar-refractivity contribution in [2.24, 2.45) is 0 Å². The summed E-state index contributed by atoms with van der Waals surface area (Å²) in [7, 11) is 0. The summed E-state index contributed by atoms with van der Waals surface area (Å²) < 4.78 is 0. The molecule has 0 saturated carbocycles. The lowest BCUT2D eigenvalue weighted by Crippen LogP contribution is -1.92. The number of hydrogen-bond acceptors (Lipinski definition) is 5.